The average molecular weight is 366 g/mol. The Hall–Kier alpha value is -2.41. The molecule has 2 aromatic carbocycles. The molecule has 0 saturated heterocycles. The highest BCUT2D eigenvalue weighted by molar-refractivity contribution is 9.10. The summed E-state index contributed by atoms with van der Waals surface area (Å²) in [5.41, 5.74) is 0.891. The topological polar surface area (TPSA) is 70.2 Å². The molecule has 7 heteroatoms. The van der Waals surface area contributed by atoms with Crippen molar-refractivity contribution in [2.45, 2.75) is 0 Å². The number of nitrogens with one attached hydrogen (secondary N) is 3. The molecule has 0 aliphatic rings. The summed E-state index contributed by atoms with van der Waals surface area (Å²) in [6.07, 6.45) is 0. The van der Waals surface area contributed by atoms with Gasteiger partial charge in [-0.2, -0.15) is 0 Å². The summed E-state index contributed by atoms with van der Waals surface area (Å²) in [5, 5.41) is 7.59. The van der Waals surface area contributed by atoms with Crippen molar-refractivity contribution in [2.24, 2.45) is 0 Å². The van der Waals surface area contributed by atoms with Crippen molar-refractivity contribution >= 4 is 39.2 Å². The van der Waals surface area contributed by atoms with Crippen LogP contribution in [0.5, 0.6) is 0 Å². The van der Waals surface area contributed by atoms with Gasteiger partial charge in [0.15, 0.2) is 0 Å². The van der Waals surface area contributed by atoms with E-state index in [1.54, 1.807) is 30.3 Å². The van der Waals surface area contributed by atoms with Gasteiger partial charge < -0.3 is 16.0 Å². The molecule has 0 radical (unpaired) electrons. The van der Waals surface area contributed by atoms with Crippen LogP contribution in [0.2, 0.25) is 0 Å². The number of rotatable bonds is 3. The maximum atomic E-state index is 13.7. The van der Waals surface area contributed by atoms with Gasteiger partial charge in [-0.25, -0.2) is 9.18 Å². The molecule has 2 rings (SSSR count). The number of hydrogen-bond acceptors (Lipinski definition) is 2. The lowest BCUT2D eigenvalue weighted by Gasteiger charge is -2.09. The van der Waals surface area contributed by atoms with E-state index < -0.39 is 11.7 Å². The number of anilines is 2. The number of carbonyl (C=O) groups is 2. The van der Waals surface area contributed by atoms with Crippen LogP contribution < -0.4 is 16.0 Å². The van der Waals surface area contributed by atoms with Gasteiger partial charge in [0.25, 0.3) is 5.91 Å². The summed E-state index contributed by atoms with van der Waals surface area (Å²) in [5.74, 6) is -1.19. The first-order valence-corrected chi connectivity index (χ1v) is 7.14. The number of urea groups is 1. The molecule has 114 valence electrons. The highest BCUT2D eigenvalue weighted by atomic mass is 79.9. The van der Waals surface area contributed by atoms with Crippen LogP contribution in [0.3, 0.4) is 0 Å². The quantitative estimate of drug-likeness (QED) is 0.777. The van der Waals surface area contributed by atoms with E-state index >= 15 is 0 Å². The van der Waals surface area contributed by atoms with Crippen molar-refractivity contribution in [1.82, 2.24) is 5.32 Å². The van der Waals surface area contributed by atoms with Crippen molar-refractivity contribution < 1.29 is 14.0 Å². The molecule has 0 atom stereocenters. The third-order valence-electron chi connectivity index (χ3n) is 2.78. The van der Waals surface area contributed by atoms with Gasteiger partial charge in [0.1, 0.15) is 5.82 Å². The lowest BCUT2D eigenvalue weighted by atomic mass is 10.2. The maximum Gasteiger partial charge on any atom is 0.318 e. The molecule has 5 nitrogen and oxygen atoms in total. The highest BCUT2D eigenvalue weighted by Crippen LogP contribution is 2.19. The summed E-state index contributed by atoms with van der Waals surface area (Å²) in [4.78, 5) is 23.3. The maximum absolute atomic E-state index is 13.7. The highest BCUT2D eigenvalue weighted by Gasteiger charge is 2.12. The van der Waals surface area contributed by atoms with Crippen LogP contribution in [0.4, 0.5) is 20.6 Å². The molecule has 0 aliphatic carbocycles. The summed E-state index contributed by atoms with van der Waals surface area (Å²) < 4.78 is 14.3. The first kappa shape index (κ1) is 16.0. The van der Waals surface area contributed by atoms with Crippen LogP contribution in [0.1, 0.15) is 10.4 Å². The van der Waals surface area contributed by atoms with Crippen molar-refractivity contribution in [1.29, 1.82) is 0 Å². The molecule has 0 unspecified atom stereocenters. The molecular formula is C15H13BrFN3O2. The second-order valence-electron chi connectivity index (χ2n) is 4.36. The van der Waals surface area contributed by atoms with Gasteiger partial charge in [-0.1, -0.05) is 22.0 Å². The van der Waals surface area contributed by atoms with Gasteiger partial charge in [0.2, 0.25) is 0 Å². The predicted molar refractivity (Wildman–Crippen MR) is 86.6 cm³/mol. The Kier molecular flexibility index (Phi) is 5.11. The second-order valence-corrected chi connectivity index (χ2v) is 5.28. The molecule has 3 N–H and O–H groups in total. The van der Waals surface area contributed by atoms with E-state index in [9.17, 15) is 14.0 Å². The number of halogens is 2. The Balaban J connectivity index is 2.14. The van der Waals surface area contributed by atoms with Crippen LogP contribution in [0.15, 0.2) is 46.9 Å². The molecule has 0 fully saturated rings. The fourth-order valence-corrected chi connectivity index (χ4v) is 2.07. The van der Waals surface area contributed by atoms with Crippen LogP contribution in [-0.4, -0.2) is 19.0 Å². The van der Waals surface area contributed by atoms with Gasteiger partial charge in [-0.3, -0.25) is 4.79 Å². The van der Waals surface area contributed by atoms with Gasteiger partial charge in [-0.15, -0.1) is 0 Å². The summed E-state index contributed by atoms with van der Waals surface area (Å²) in [6, 6.07) is 10.4. The third kappa shape index (κ3) is 4.05. The molecule has 2 aromatic rings. The summed E-state index contributed by atoms with van der Waals surface area (Å²) in [7, 11) is 1.50. The van der Waals surface area contributed by atoms with Gasteiger partial charge in [-0.05, 0) is 36.4 Å². The first-order chi connectivity index (χ1) is 10.5. The van der Waals surface area contributed by atoms with E-state index in [1.165, 1.54) is 19.2 Å². The van der Waals surface area contributed by atoms with Crippen LogP contribution >= 0.6 is 15.9 Å². The zero-order valence-electron chi connectivity index (χ0n) is 11.6. The van der Waals surface area contributed by atoms with Gasteiger partial charge in [0.05, 0.1) is 5.56 Å². The molecule has 0 bridgehead atoms. The standard InChI is InChI=1S/C15H13BrFN3O2/c1-18-15(22)20-11-4-2-3-10(8-11)19-14(21)12-6-5-9(16)7-13(12)17/h2-8H,1H3,(H,19,21)(H2,18,20,22). The van der Waals surface area contributed by atoms with Crippen LogP contribution in [-0.2, 0) is 0 Å². The largest absolute Gasteiger partial charge is 0.341 e. The Labute approximate surface area is 135 Å². The van der Waals surface area contributed by atoms with Crippen molar-refractivity contribution in [2.75, 3.05) is 17.7 Å². The van der Waals surface area contributed by atoms with E-state index in [0.29, 0.717) is 15.8 Å². The Morgan fingerprint density at radius 3 is 2.36 bits per heavy atom. The van der Waals surface area contributed by atoms with Crippen molar-refractivity contribution in [3.05, 3.63) is 58.3 Å². The SMILES string of the molecule is CNC(=O)Nc1cccc(NC(=O)c2ccc(Br)cc2F)c1. The molecule has 0 aromatic heterocycles. The molecule has 22 heavy (non-hydrogen) atoms. The minimum Gasteiger partial charge on any atom is -0.341 e. The summed E-state index contributed by atoms with van der Waals surface area (Å²) in [6.45, 7) is 0. The number of hydrogen-bond donors (Lipinski definition) is 3. The molecule has 0 spiro atoms. The molecule has 0 saturated carbocycles. The van der Waals surface area contributed by atoms with Gasteiger partial charge in [0, 0.05) is 22.9 Å². The second kappa shape index (κ2) is 7.04. The minimum atomic E-state index is -0.619. The number of carbonyl (C=O) groups excluding carboxylic acids is 2. The lowest BCUT2D eigenvalue weighted by molar-refractivity contribution is 0.102. The zero-order valence-corrected chi connectivity index (χ0v) is 13.2. The molecule has 0 heterocycles. The smallest absolute Gasteiger partial charge is 0.318 e. The fraction of sp³-hybridized carbons (Fsp3) is 0.0667. The minimum absolute atomic E-state index is 0.0622. The average Bonchev–Trinajstić information content (AvgIpc) is 2.47. The predicted octanol–water partition coefficient (Wildman–Crippen LogP) is 3.59. The summed E-state index contributed by atoms with van der Waals surface area (Å²) >= 11 is 3.13. The van der Waals surface area contributed by atoms with Crippen molar-refractivity contribution in [3.8, 4) is 0 Å². The van der Waals surface area contributed by atoms with E-state index in [-0.39, 0.29) is 11.6 Å². The van der Waals surface area contributed by atoms with Crippen LogP contribution in [0, 0.1) is 5.82 Å². The third-order valence-corrected chi connectivity index (χ3v) is 3.27. The number of benzene rings is 2. The van der Waals surface area contributed by atoms with E-state index in [2.05, 4.69) is 31.9 Å². The Morgan fingerprint density at radius 1 is 1.05 bits per heavy atom. The first-order valence-electron chi connectivity index (χ1n) is 6.35. The monoisotopic (exact) mass is 365 g/mol. The van der Waals surface area contributed by atoms with E-state index in [4.69, 9.17) is 0 Å². The fourth-order valence-electron chi connectivity index (χ4n) is 1.74. The number of amides is 3. The zero-order chi connectivity index (χ0) is 16.1. The molecule has 0 aliphatic heterocycles. The van der Waals surface area contributed by atoms with Crippen molar-refractivity contribution in [3.63, 3.8) is 0 Å². The van der Waals surface area contributed by atoms with Gasteiger partial charge >= 0.3 is 6.03 Å². The van der Waals surface area contributed by atoms with E-state index in [1.807, 2.05) is 0 Å². The molecular weight excluding hydrogens is 353 g/mol. The van der Waals surface area contributed by atoms with Crippen LogP contribution in [0.25, 0.3) is 0 Å². The Morgan fingerprint density at radius 2 is 1.73 bits per heavy atom. The molecule has 3 amide bonds. The lowest BCUT2D eigenvalue weighted by Crippen LogP contribution is -2.24. The Bertz CT molecular complexity index is 722. The van der Waals surface area contributed by atoms with E-state index in [0.717, 1.165) is 0 Å². The normalized spacial score (nSPS) is 9.95.